The molecule has 0 saturated heterocycles. The molecule has 5 heteroatoms. The van der Waals surface area contributed by atoms with Crippen LogP contribution in [-0.4, -0.2) is 26.3 Å². The lowest BCUT2D eigenvalue weighted by atomic mass is 10.1. The zero-order chi connectivity index (χ0) is 15.4. The highest BCUT2D eigenvalue weighted by molar-refractivity contribution is 5.35. The van der Waals surface area contributed by atoms with Crippen LogP contribution < -0.4 is 5.32 Å². The summed E-state index contributed by atoms with van der Waals surface area (Å²) in [6, 6.07) is 1.98. The van der Waals surface area contributed by atoms with Gasteiger partial charge < -0.3 is 5.32 Å². The molecule has 21 heavy (non-hydrogen) atoms. The first-order valence-corrected chi connectivity index (χ1v) is 7.66. The van der Waals surface area contributed by atoms with Gasteiger partial charge in [-0.25, -0.2) is 9.97 Å². The number of aryl methyl sites for hydroxylation is 2. The summed E-state index contributed by atoms with van der Waals surface area (Å²) in [4.78, 5) is 9.12. The van der Waals surface area contributed by atoms with E-state index in [4.69, 9.17) is 0 Å². The summed E-state index contributed by atoms with van der Waals surface area (Å²) in [7, 11) is 0. The van der Waals surface area contributed by atoms with Crippen LogP contribution in [0.15, 0.2) is 6.07 Å². The lowest BCUT2D eigenvalue weighted by molar-refractivity contribution is 0.629. The Hall–Kier alpha value is -1.91. The molecule has 2 aromatic rings. The number of rotatable bonds is 6. The Bertz CT molecular complexity index is 615. The monoisotopic (exact) mass is 287 g/mol. The van der Waals surface area contributed by atoms with Crippen LogP contribution in [0.2, 0.25) is 0 Å². The largest absolute Gasteiger partial charge is 0.370 e. The van der Waals surface area contributed by atoms with Gasteiger partial charge in [0.05, 0.1) is 5.69 Å². The molecule has 0 spiro atoms. The minimum Gasteiger partial charge on any atom is -0.370 e. The molecule has 0 unspecified atom stereocenters. The SMILES string of the molecule is CCCNc1cc(C)nc(Cn2nc(C)c(CC)c2C)n1. The van der Waals surface area contributed by atoms with Crippen molar-refractivity contribution >= 4 is 5.82 Å². The first-order valence-electron chi connectivity index (χ1n) is 7.66. The van der Waals surface area contributed by atoms with Crippen LogP contribution >= 0.6 is 0 Å². The lowest BCUT2D eigenvalue weighted by Crippen LogP contribution is -2.11. The number of nitrogens with zero attached hydrogens (tertiary/aromatic N) is 4. The molecule has 0 saturated carbocycles. The Kier molecular flexibility index (Phi) is 4.94. The minimum atomic E-state index is 0.620. The van der Waals surface area contributed by atoms with Crippen molar-refractivity contribution in [3.8, 4) is 0 Å². The van der Waals surface area contributed by atoms with Crippen LogP contribution in [-0.2, 0) is 13.0 Å². The summed E-state index contributed by atoms with van der Waals surface area (Å²) in [5, 5.41) is 7.94. The molecular weight excluding hydrogens is 262 g/mol. The Morgan fingerprint density at radius 1 is 1.14 bits per heavy atom. The predicted octanol–water partition coefficient (Wildman–Crippen LogP) is 3.03. The highest BCUT2D eigenvalue weighted by Gasteiger charge is 2.11. The zero-order valence-electron chi connectivity index (χ0n) is 13.7. The van der Waals surface area contributed by atoms with Gasteiger partial charge in [-0.15, -0.1) is 0 Å². The van der Waals surface area contributed by atoms with Gasteiger partial charge in [-0.3, -0.25) is 4.68 Å². The summed E-state index contributed by atoms with van der Waals surface area (Å²) < 4.78 is 2.01. The van der Waals surface area contributed by atoms with E-state index < -0.39 is 0 Å². The van der Waals surface area contributed by atoms with Gasteiger partial charge in [0.15, 0.2) is 5.82 Å². The van der Waals surface area contributed by atoms with Crippen LogP contribution in [0.4, 0.5) is 5.82 Å². The summed E-state index contributed by atoms with van der Waals surface area (Å²) >= 11 is 0. The van der Waals surface area contributed by atoms with Gasteiger partial charge >= 0.3 is 0 Å². The lowest BCUT2D eigenvalue weighted by Gasteiger charge is -2.09. The van der Waals surface area contributed by atoms with E-state index >= 15 is 0 Å². The highest BCUT2D eigenvalue weighted by atomic mass is 15.3. The van der Waals surface area contributed by atoms with Crippen molar-refractivity contribution in [2.75, 3.05) is 11.9 Å². The summed E-state index contributed by atoms with van der Waals surface area (Å²) in [6.07, 6.45) is 2.09. The highest BCUT2D eigenvalue weighted by Crippen LogP contribution is 2.15. The third-order valence-corrected chi connectivity index (χ3v) is 3.63. The molecule has 0 aliphatic rings. The molecule has 0 aliphatic carbocycles. The van der Waals surface area contributed by atoms with Crippen LogP contribution in [0.3, 0.4) is 0 Å². The molecule has 5 nitrogen and oxygen atoms in total. The molecule has 0 atom stereocenters. The number of anilines is 1. The number of nitrogens with one attached hydrogen (secondary N) is 1. The van der Waals surface area contributed by atoms with Crippen molar-refractivity contribution in [2.45, 2.75) is 54.0 Å². The van der Waals surface area contributed by atoms with Crippen molar-refractivity contribution in [3.05, 3.63) is 34.5 Å². The maximum atomic E-state index is 4.61. The molecule has 114 valence electrons. The van der Waals surface area contributed by atoms with E-state index in [2.05, 4.69) is 48.1 Å². The quantitative estimate of drug-likeness (QED) is 0.887. The Balaban J connectivity index is 2.25. The van der Waals surface area contributed by atoms with Crippen molar-refractivity contribution < 1.29 is 0 Å². The van der Waals surface area contributed by atoms with E-state index in [1.54, 1.807) is 0 Å². The summed E-state index contributed by atoms with van der Waals surface area (Å²) in [5.74, 6) is 1.71. The molecule has 2 aromatic heterocycles. The average molecular weight is 287 g/mol. The topological polar surface area (TPSA) is 55.6 Å². The fourth-order valence-electron chi connectivity index (χ4n) is 2.58. The molecular formula is C16H25N5. The fraction of sp³-hybridized carbons (Fsp3) is 0.562. The summed E-state index contributed by atoms with van der Waals surface area (Å²) in [5.41, 5.74) is 4.62. The maximum absolute atomic E-state index is 4.61. The molecule has 0 radical (unpaired) electrons. The van der Waals surface area contributed by atoms with Crippen molar-refractivity contribution in [1.29, 1.82) is 0 Å². The van der Waals surface area contributed by atoms with E-state index in [9.17, 15) is 0 Å². The Labute approximate surface area is 126 Å². The van der Waals surface area contributed by atoms with E-state index in [0.717, 1.165) is 42.4 Å². The van der Waals surface area contributed by atoms with E-state index in [1.165, 1.54) is 11.3 Å². The number of hydrogen-bond acceptors (Lipinski definition) is 4. The standard InChI is InChI=1S/C16H25N5/c1-6-8-17-15-9-11(3)18-16(19-15)10-21-13(5)14(7-2)12(4)20-21/h9H,6-8,10H2,1-5H3,(H,17,18,19). The van der Waals surface area contributed by atoms with E-state index in [1.807, 2.05) is 17.7 Å². The third kappa shape index (κ3) is 3.60. The van der Waals surface area contributed by atoms with Crippen molar-refractivity contribution in [2.24, 2.45) is 0 Å². The van der Waals surface area contributed by atoms with Crippen LogP contribution in [0.1, 0.15) is 48.7 Å². The van der Waals surface area contributed by atoms with Gasteiger partial charge in [0.2, 0.25) is 0 Å². The van der Waals surface area contributed by atoms with Crippen LogP contribution in [0.25, 0.3) is 0 Å². The second-order valence-electron chi connectivity index (χ2n) is 5.40. The average Bonchev–Trinajstić information content (AvgIpc) is 2.70. The zero-order valence-corrected chi connectivity index (χ0v) is 13.7. The summed E-state index contributed by atoms with van der Waals surface area (Å²) in [6.45, 7) is 12.0. The Morgan fingerprint density at radius 3 is 2.52 bits per heavy atom. The number of hydrogen-bond donors (Lipinski definition) is 1. The van der Waals surface area contributed by atoms with Crippen LogP contribution in [0, 0.1) is 20.8 Å². The number of aromatic nitrogens is 4. The fourth-order valence-corrected chi connectivity index (χ4v) is 2.58. The van der Waals surface area contributed by atoms with Gasteiger partial charge in [0.1, 0.15) is 12.4 Å². The molecule has 0 amide bonds. The van der Waals surface area contributed by atoms with E-state index in [0.29, 0.717) is 6.54 Å². The van der Waals surface area contributed by atoms with Gasteiger partial charge in [0, 0.05) is 24.0 Å². The third-order valence-electron chi connectivity index (χ3n) is 3.63. The molecule has 1 N–H and O–H groups in total. The molecule has 0 bridgehead atoms. The minimum absolute atomic E-state index is 0.620. The molecule has 0 fully saturated rings. The van der Waals surface area contributed by atoms with Gasteiger partial charge in [-0.2, -0.15) is 5.10 Å². The van der Waals surface area contributed by atoms with Gasteiger partial charge in [0.25, 0.3) is 0 Å². The Morgan fingerprint density at radius 2 is 1.90 bits per heavy atom. The van der Waals surface area contributed by atoms with Crippen molar-refractivity contribution in [3.63, 3.8) is 0 Å². The smallest absolute Gasteiger partial charge is 0.152 e. The molecule has 2 heterocycles. The van der Waals surface area contributed by atoms with Gasteiger partial charge in [-0.1, -0.05) is 13.8 Å². The van der Waals surface area contributed by atoms with E-state index in [-0.39, 0.29) is 0 Å². The molecule has 0 aliphatic heterocycles. The van der Waals surface area contributed by atoms with Crippen molar-refractivity contribution in [1.82, 2.24) is 19.7 Å². The second kappa shape index (κ2) is 6.70. The maximum Gasteiger partial charge on any atom is 0.152 e. The first-order chi connectivity index (χ1) is 10.0. The first kappa shape index (κ1) is 15.5. The molecule has 0 aromatic carbocycles. The second-order valence-corrected chi connectivity index (χ2v) is 5.40. The molecule has 2 rings (SSSR count). The van der Waals surface area contributed by atoms with Gasteiger partial charge in [-0.05, 0) is 39.2 Å². The normalized spacial score (nSPS) is 10.9. The van der Waals surface area contributed by atoms with Crippen LogP contribution in [0.5, 0.6) is 0 Å². The predicted molar refractivity (Wildman–Crippen MR) is 85.7 cm³/mol.